The second kappa shape index (κ2) is 7.43. The van der Waals surface area contributed by atoms with Crippen LogP contribution in [0.15, 0.2) is 66.9 Å². The Balaban J connectivity index is 1.91. The largest absolute Gasteiger partial charge is 0.490 e. The number of ether oxygens (including phenoxy) is 1. The minimum Gasteiger partial charge on any atom is -0.490 e. The maximum Gasteiger partial charge on any atom is 0.310 e. The summed E-state index contributed by atoms with van der Waals surface area (Å²) in [6.07, 6.45) is 1.58. The minimum absolute atomic E-state index is 0.0203. The predicted molar refractivity (Wildman–Crippen MR) is 97.3 cm³/mol. The van der Waals surface area contributed by atoms with E-state index in [0.717, 1.165) is 11.1 Å². The van der Waals surface area contributed by atoms with Crippen molar-refractivity contribution in [3.8, 4) is 16.9 Å². The van der Waals surface area contributed by atoms with Crippen molar-refractivity contribution in [2.45, 2.75) is 0 Å². The van der Waals surface area contributed by atoms with E-state index >= 15 is 0 Å². The van der Waals surface area contributed by atoms with Crippen LogP contribution in [0.5, 0.6) is 5.75 Å². The zero-order valence-corrected chi connectivity index (χ0v) is 13.9. The summed E-state index contributed by atoms with van der Waals surface area (Å²) in [5.41, 5.74) is 1.72. The molecule has 0 aliphatic rings. The molecule has 0 aliphatic heterocycles. The Morgan fingerprint density at radius 1 is 1.12 bits per heavy atom. The van der Waals surface area contributed by atoms with Gasteiger partial charge in [0.1, 0.15) is 5.82 Å². The molecule has 7 nitrogen and oxygen atoms in total. The van der Waals surface area contributed by atoms with E-state index in [1.54, 1.807) is 12.3 Å². The quantitative estimate of drug-likeness (QED) is 0.556. The fourth-order valence-corrected chi connectivity index (χ4v) is 2.50. The highest BCUT2D eigenvalue weighted by Gasteiger charge is 2.18. The second-order valence-corrected chi connectivity index (χ2v) is 5.36. The van der Waals surface area contributed by atoms with Crippen LogP contribution >= 0.6 is 0 Å². The molecule has 1 N–H and O–H groups in total. The number of benzene rings is 2. The van der Waals surface area contributed by atoms with Crippen molar-refractivity contribution in [3.05, 3.63) is 82.5 Å². The van der Waals surface area contributed by atoms with Crippen LogP contribution in [-0.4, -0.2) is 22.9 Å². The molecule has 0 saturated heterocycles. The van der Waals surface area contributed by atoms with Gasteiger partial charge in [-0.15, -0.1) is 0 Å². The second-order valence-electron chi connectivity index (χ2n) is 5.36. The van der Waals surface area contributed by atoms with Gasteiger partial charge in [0, 0.05) is 29.5 Å². The topological polar surface area (TPSA) is 94.4 Å². The Kier molecular flexibility index (Phi) is 4.89. The van der Waals surface area contributed by atoms with E-state index < -0.39 is 10.8 Å². The number of nitrogens with zero attached hydrogens (tertiary/aromatic N) is 2. The van der Waals surface area contributed by atoms with Crippen molar-refractivity contribution in [2.75, 3.05) is 12.4 Å². The number of carbonyl (C=O) groups excluding carboxylic acids is 1. The molecule has 1 heterocycles. The molecule has 3 aromatic rings. The number of pyridine rings is 1. The van der Waals surface area contributed by atoms with E-state index in [4.69, 9.17) is 4.74 Å². The summed E-state index contributed by atoms with van der Waals surface area (Å²) in [6, 6.07) is 17.1. The number of aromatic nitrogens is 1. The van der Waals surface area contributed by atoms with Gasteiger partial charge in [0.05, 0.1) is 12.0 Å². The van der Waals surface area contributed by atoms with Crippen molar-refractivity contribution in [3.63, 3.8) is 0 Å². The summed E-state index contributed by atoms with van der Waals surface area (Å²) in [4.78, 5) is 27.2. The van der Waals surface area contributed by atoms with Crippen molar-refractivity contribution >= 4 is 17.4 Å². The van der Waals surface area contributed by atoms with Gasteiger partial charge in [-0.25, -0.2) is 4.98 Å². The highest BCUT2D eigenvalue weighted by molar-refractivity contribution is 6.06. The van der Waals surface area contributed by atoms with E-state index in [9.17, 15) is 14.9 Å². The molecule has 3 rings (SSSR count). The Hall–Kier alpha value is -3.74. The van der Waals surface area contributed by atoms with E-state index in [2.05, 4.69) is 10.3 Å². The normalized spacial score (nSPS) is 10.2. The van der Waals surface area contributed by atoms with Crippen LogP contribution < -0.4 is 10.1 Å². The van der Waals surface area contributed by atoms with Crippen LogP contribution in [0, 0.1) is 10.1 Å². The van der Waals surface area contributed by atoms with Gasteiger partial charge in [0.2, 0.25) is 0 Å². The molecule has 1 aromatic heterocycles. The zero-order chi connectivity index (χ0) is 18.5. The number of nitro benzene ring substituents is 1. The molecule has 0 radical (unpaired) electrons. The monoisotopic (exact) mass is 349 g/mol. The Bertz CT molecular complexity index is 958. The van der Waals surface area contributed by atoms with Crippen LogP contribution in [0.25, 0.3) is 11.1 Å². The molecule has 0 atom stereocenters. The molecule has 0 saturated carbocycles. The van der Waals surface area contributed by atoms with Gasteiger partial charge >= 0.3 is 5.69 Å². The smallest absolute Gasteiger partial charge is 0.310 e. The van der Waals surface area contributed by atoms with Gasteiger partial charge in [-0.1, -0.05) is 30.3 Å². The molecule has 1 amide bonds. The number of hydrogen-bond acceptors (Lipinski definition) is 5. The van der Waals surface area contributed by atoms with Crippen LogP contribution in [0.3, 0.4) is 0 Å². The van der Waals surface area contributed by atoms with E-state index in [1.165, 1.54) is 25.3 Å². The van der Waals surface area contributed by atoms with Crippen LogP contribution in [0.2, 0.25) is 0 Å². The molecule has 0 unspecified atom stereocenters. The van der Waals surface area contributed by atoms with Gasteiger partial charge < -0.3 is 10.1 Å². The molecule has 2 aromatic carbocycles. The van der Waals surface area contributed by atoms with Gasteiger partial charge in [-0.2, -0.15) is 0 Å². The first-order valence-corrected chi connectivity index (χ1v) is 7.74. The molecule has 0 fully saturated rings. The number of nitrogens with one attached hydrogen (secondary N) is 1. The van der Waals surface area contributed by atoms with Gasteiger partial charge in [-0.05, 0) is 23.8 Å². The standard InChI is InChI=1S/C19H15N3O4/c1-26-17-12-14(9-10-16(17)22(24)25)19(23)21-18-15(8-5-11-20-18)13-6-3-2-4-7-13/h2-12H,1H3,(H,20,21,23). The SMILES string of the molecule is COc1cc(C(=O)Nc2ncccc2-c2ccccc2)ccc1[N+](=O)[O-]. The first-order valence-electron chi connectivity index (χ1n) is 7.74. The lowest BCUT2D eigenvalue weighted by molar-refractivity contribution is -0.385. The summed E-state index contributed by atoms with van der Waals surface area (Å²) in [6.45, 7) is 0. The van der Waals surface area contributed by atoms with Crippen molar-refractivity contribution in [1.29, 1.82) is 0 Å². The Morgan fingerprint density at radius 2 is 1.88 bits per heavy atom. The molecule has 7 heteroatoms. The number of amides is 1. The first kappa shape index (κ1) is 17.1. The van der Waals surface area contributed by atoms with E-state index in [1.807, 2.05) is 36.4 Å². The highest BCUT2D eigenvalue weighted by atomic mass is 16.6. The summed E-state index contributed by atoms with van der Waals surface area (Å²) in [5.74, 6) is -0.0120. The number of methoxy groups -OCH3 is 1. The summed E-state index contributed by atoms with van der Waals surface area (Å²) >= 11 is 0. The van der Waals surface area contributed by atoms with Crippen molar-refractivity contribution < 1.29 is 14.5 Å². The number of carbonyl (C=O) groups is 1. The Labute approximate surface area is 149 Å². The average Bonchev–Trinajstić information content (AvgIpc) is 2.68. The third-order valence-corrected chi connectivity index (χ3v) is 3.76. The van der Waals surface area contributed by atoms with Gasteiger partial charge in [0.25, 0.3) is 5.91 Å². The minimum atomic E-state index is -0.563. The summed E-state index contributed by atoms with van der Waals surface area (Å²) < 4.78 is 5.00. The zero-order valence-electron chi connectivity index (χ0n) is 13.9. The summed E-state index contributed by atoms with van der Waals surface area (Å²) in [7, 11) is 1.32. The third kappa shape index (κ3) is 3.51. The Morgan fingerprint density at radius 3 is 2.58 bits per heavy atom. The maximum atomic E-state index is 12.6. The fraction of sp³-hybridized carbons (Fsp3) is 0.0526. The van der Waals surface area contributed by atoms with Crippen LogP contribution in [0.4, 0.5) is 11.5 Å². The first-order chi connectivity index (χ1) is 12.6. The van der Waals surface area contributed by atoms with E-state index in [0.29, 0.717) is 5.82 Å². The lowest BCUT2D eigenvalue weighted by Gasteiger charge is -2.11. The average molecular weight is 349 g/mol. The molecule has 0 aliphatic carbocycles. The molecule has 26 heavy (non-hydrogen) atoms. The number of nitro groups is 1. The fourth-order valence-electron chi connectivity index (χ4n) is 2.50. The van der Waals surface area contributed by atoms with Crippen LogP contribution in [-0.2, 0) is 0 Å². The van der Waals surface area contributed by atoms with Crippen molar-refractivity contribution in [1.82, 2.24) is 4.98 Å². The molecule has 130 valence electrons. The molecule has 0 bridgehead atoms. The lowest BCUT2D eigenvalue weighted by atomic mass is 10.1. The number of rotatable bonds is 5. The molecular weight excluding hydrogens is 334 g/mol. The highest BCUT2D eigenvalue weighted by Crippen LogP contribution is 2.29. The van der Waals surface area contributed by atoms with Gasteiger partial charge in [-0.3, -0.25) is 14.9 Å². The third-order valence-electron chi connectivity index (χ3n) is 3.76. The predicted octanol–water partition coefficient (Wildman–Crippen LogP) is 3.92. The molecular formula is C19H15N3O4. The lowest BCUT2D eigenvalue weighted by Crippen LogP contribution is -2.14. The number of anilines is 1. The molecule has 0 spiro atoms. The van der Waals surface area contributed by atoms with E-state index in [-0.39, 0.29) is 17.0 Å². The van der Waals surface area contributed by atoms with Gasteiger partial charge in [0.15, 0.2) is 5.75 Å². The maximum absolute atomic E-state index is 12.6. The van der Waals surface area contributed by atoms with Crippen molar-refractivity contribution in [2.24, 2.45) is 0 Å². The summed E-state index contributed by atoms with van der Waals surface area (Å²) in [5, 5.41) is 13.7. The van der Waals surface area contributed by atoms with Crippen LogP contribution in [0.1, 0.15) is 10.4 Å². The number of hydrogen-bond donors (Lipinski definition) is 1.